The molecule has 0 aromatic carbocycles. The third-order valence-corrected chi connectivity index (χ3v) is 0. The van der Waals surface area contributed by atoms with E-state index in [4.69, 9.17) is 0 Å². The predicted molar refractivity (Wildman–Crippen MR) is 2.06 cm³/mol. The van der Waals surface area contributed by atoms with E-state index in [2.05, 4.69) is 0 Å². The smallest absolute Gasteiger partial charge is 2.00 e. The molecule has 0 aromatic heterocycles. The molecular formula is O3ScSm. The summed E-state index contributed by atoms with van der Waals surface area (Å²) in [6.45, 7) is 0. The van der Waals surface area contributed by atoms with Crippen LogP contribution in [0.5, 0.6) is 0 Å². The van der Waals surface area contributed by atoms with Crippen molar-refractivity contribution in [1.29, 1.82) is 0 Å². The first-order valence-corrected chi connectivity index (χ1v) is 0. The van der Waals surface area contributed by atoms with Crippen LogP contribution in [0.1, 0.15) is 0 Å². The summed E-state index contributed by atoms with van der Waals surface area (Å²) in [5.41, 5.74) is 0. The summed E-state index contributed by atoms with van der Waals surface area (Å²) in [5.74, 6) is 0. The summed E-state index contributed by atoms with van der Waals surface area (Å²) in [6.07, 6.45) is 0. The maximum Gasteiger partial charge on any atom is 3.00 e. The van der Waals surface area contributed by atoms with Crippen molar-refractivity contribution in [2.75, 3.05) is 0 Å². The molecule has 5 heavy (non-hydrogen) atoms. The minimum atomic E-state index is 0. The van der Waals surface area contributed by atoms with Crippen LogP contribution in [0, 0.1) is 40.4 Å². The van der Waals surface area contributed by atoms with Crippen LogP contribution in [0.2, 0.25) is 0 Å². The molecule has 0 saturated heterocycles. The molecule has 0 aromatic rings. The Morgan fingerprint density at radius 1 is 0.600 bits per heavy atom. The topological polar surface area (TPSA) is 85.5 Å². The van der Waals surface area contributed by atoms with Crippen LogP contribution in [0.15, 0.2) is 0 Å². The van der Waals surface area contributed by atoms with Crippen molar-refractivity contribution in [1.82, 2.24) is 0 Å². The Hall–Kier alpha value is 2.09. The van der Waals surface area contributed by atoms with Crippen molar-refractivity contribution in [2.24, 2.45) is 0 Å². The summed E-state index contributed by atoms with van der Waals surface area (Å²) in [7, 11) is 0. The molecule has 0 bridgehead atoms. The average Bonchev–Trinajstić information content (AvgIpc) is 0. The van der Waals surface area contributed by atoms with Gasteiger partial charge in [-0.05, 0) is 0 Å². The normalized spacial score (nSPS) is 0. The summed E-state index contributed by atoms with van der Waals surface area (Å²) in [6, 6.07) is 0. The second-order valence-electron chi connectivity index (χ2n) is 0. The molecule has 3 nitrogen and oxygen atoms in total. The minimum absolute atomic E-state index is 0. The van der Waals surface area contributed by atoms with Crippen molar-refractivity contribution in [3.8, 4) is 0 Å². The van der Waals surface area contributed by atoms with E-state index in [1.54, 1.807) is 0 Å². The van der Waals surface area contributed by atoms with E-state index in [0.717, 1.165) is 0 Å². The molecule has 0 N–H and O–H groups in total. The number of hydrogen-bond acceptors (Lipinski definition) is 0. The predicted octanol–water partition coefficient (Wildman–Crippen LogP) is -0.359. The van der Waals surface area contributed by atoms with Crippen LogP contribution in [-0.2, 0) is 42.3 Å². The molecule has 0 amide bonds. The first-order chi connectivity index (χ1) is 0. The van der Waals surface area contributed by atoms with Crippen molar-refractivity contribution in [2.45, 2.75) is 0 Å². The number of hydrogen-bond donors (Lipinski definition) is 0. The van der Waals surface area contributed by atoms with Gasteiger partial charge >= 0.3 is 66.2 Å². The van der Waals surface area contributed by atoms with Crippen molar-refractivity contribution < 1.29 is 82.7 Å². The molecule has 0 fully saturated rings. The summed E-state index contributed by atoms with van der Waals surface area (Å²) < 4.78 is 0. The molecular weight excluding hydrogens is 243 g/mol. The summed E-state index contributed by atoms with van der Waals surface area (Å²) >= 11 is 0. The molecule has 0 aliphatic carbocycles. The molecule has 1 radical (unpaired) electrons. The van der Waals surface area contributed by atoms with Gasteiger partial charge in [0.05, 0.1) is 0 Å². The van der Waals surface area contributed by atoms with Gasteiger partial charge in [0.25, 0.3) is 0 Å². The first-order valence-electron chi connectivity index (χ1n) is 0. The van der Waals surface area contributed by atoms with E-state index in [-0.39, 0.29) is 82.7 Å². The SMILES string of the molecule is [O-2].[O-2].[O-2].[Sc+3].[Sm+3]. The van der Waals surface area contributed by atoms with Crippen LogP contribution in [-0.4, -0.2) is 0 Å². The zero-order valence-corrected chi connectivity index (χ0v) is 6.63. The fourth-order valence-corrected chi connectivity index (χ4v) is 0. The van der Waals surface area contributed by atoms with Gasteiger partial charge in [0.1, 0.15) is 0 Å². The van der Waals surface area contributed by atoms with E-state index in [1.807, 2.05) is 0 Å². The Morgan fingerprint density at radius 3 is 0.600 bits per heavy atom. The van der Waals surface area contributed by atoms with Crippen LogP contribution in [0.25, 0.3) is 0 Å². The molecule has 0 unspecified atom stereocenters. The van der Waals surface area contributed by atoms with E-state index in [0.29, 0.717) is 0 Å². The van der Waals surface area contributed by atoms with Gasteiger partial charge in [-0.25, -0.2) is 0 Å². The molecule has 0 rings (SSSR count). The van der Waals surface area contributed by atoms with Crippen LogP contribution in [0.3, 0.4) is 0 Å². The van der Waals surface area contributed by atoms with Crippen molar-refractivity contribution >= 4 is 0 Å². The van der Waals surface area contributed by atoms with Crippen LogP contribution >= 0.6 is 0 Å². The van der Waals surface area contributed by atoms with Gasteiger partial charge in [-0.15, -0.1) is 0 Å². The Balaban J connectivity index is 0. The summed E-state index contributed by atoms with van der Waals surface area (Å²) in [4.78, 5) is 0. The molecule has 0 aliphatic heterocycles. The van der Waals surface area contributed by atoms with E-state index in [9.17, 15) is 0 Å². The van der Waals surface area contributed by atoms with Gasteiger partial charge in [0.15, 0.2) is 0 Å². The molecule has 0 saturated carbocycles. The second-order valence-corrected chi connectivity index (χ2v) is 0. The number of rotatable bonds is 0. The molecule has 0 aliphatic rings. The third-order valence-electron chi connectivity index (χ3n) is 0. The van der Waals surface area contributed by atoms with E-state index in [1.165, 1.54) is 0 Å². The van der Waals surface area contributed by atoms with Gasteiger partial charge < -0.3 is 16.4 Å². The Labute approximate surface area is 81.3 Å². The molecule has 27 valence electrons. The zero-order chi connectivity index (χ0) is 0. The fraction of sp³-hybridized carbons (Fsp3) is 0. The Bertz CT molecular complexity index is 6.85. The molecule has 5 heteroatoms. The van der Waals surface area contributed by atoms with Crippen molar-refractivity contribution in [3.63, 3.8) is 0 Å². The monoisotopic (exact) mass is 245 g/mol. The van der Waals surface area contributed by atoms with Gasteiger partial charge in [0.2, 0.25) is 0 Å². The van der Waals surface area contributed by atoms with Gasteiger partial charge in [-0.1, -0.05) is 0 Å². The largest absolute Gasteiger partial charge is 3.00 e. The van der Waals surface area contributed by atoms with Crippen LogP contribution < -0.4 is 0 Å². The van der Waals surface area contributed by atoms with Crippen molar-refractivity contribution in [3.05, 3.63) is 0 Å². The zero-order valence-electron chi connectivity index (χ0n) is 2.21. The molecule has 0 heterocycles. The van der Waals surface area contributed by atoms with Gasteiger partial charge in [0, 0.05) is 0 Å². The standard InChI is InChI=1S/3O.Sc.Sm/q3*-2;2*+3. The molecule has 0 spiro atoms. The van der Waals surface area contributed by atoms with E-state index >= 15 is 0 Å². The fourth-order valence-electron chi connectivity index (χ4n) is 0. The molecule has 0 atom stereocenters. The van der Waals surface area contributed by atoms with E-state index < -0.39 is 0 Å². The first kappa shape index (κ1) is 60.3. The van der Waals surface area contributed by atoms with Gasteiger partial charge in [-0.3, -0.25) is 0 Å². The summed E-state index contributed by atoms with van der Waals surface area (Å²) in [5, 5.41) is 0. The Kier molecular flexibility index (Phi) is 436. The van der Waals surface area contributed by atoms with Crippen LogP contribution in [0.4, 0.5) is 0 Å². The van der Waals surface area contributed by atoms with Gasteiger partial charge in [-0.2, -0.15) is 0 Å². The average molecular weight is 243 g/mol. The maximum absolute atomic E-state index is 0. The minimum Gasteiger partial charge on any atom is -2.00 e. The quantitative estimate of drug-likeness (QED) is 0.556. The maximum atomic E-state index is 0. The third kappa shape index (κ3) is 23.3. The second kappa shape index (κ2) is 36.2. The Morgan fingerprint density at radius 2 is 0.600 bits per heavy atom.